The molecule has 2 aliphatic rings. The molecule has 1 amide bonds. The topological polar surface area (TPSA) is 83.2 Å². The third-order valence-electron chi connectivity index (χ3n) is 6.79. The van der Waals surface area contributed by atoms with Gasteiger partial charge in [-0.15, -0.1) is 0 Å². The van der Waals surface area contributed by atoms with Crippen LogP contribution in [0, 0.1) is 5.82 Å². The molecule has 35 heavy (non-hydrogen) atoms. The zero-order valence-electron chi connectivity index (χ0n) is 19.2. The molecule has 3 aromatic rings. The molecule has 8 nitrogen and oxygen atoms in total. The average molecular weight is 506 g/mol. The summed E-state index contributed by atoms with van der Waals surface area (Å²) in [5, 5.41) is 14.4. The van der Waals surface area contributed by atoms with E-state index in [4.69, 9.17) is 16.3 Å². The Morgan fingerprint density at radius 2 is 2.17 bits per heavy atom. The van der Waals surface area contributed by atoms with Crippen molar-refractivity contribution in [3.8, 4) is 5.75 Å². The number of rotatable bonds is 7. The summed E-state index contributed by atoms with van der Waals surface area (Å²) in [4.78, 5) is 21.2. The second kappa shape index (κ2) is 9.67. The van der Waals surface area contributed by atoms with Crippen LogP contribution < -0.4 is 4.74 Å². The molecule has 186 valence electrons. The van der Waals surface area contributed by atoms with Crippen molar-refractivity contribution >= 4 is 23.2 Å². The van der Waals surface area contributed by atoms with Crippen LogP contribution >= 0.6 is 11.6 Å². The first-order chi connectivity index (χ1) is 16.9. The molecule has 0 aliphatic carbocycles. The SMILES string of the molecule is CCC1C(F)CC(COc2cc(F)ccc2C(=O)N2Cc3nn4cc(Cl)cnc4c3C2)N1CCO. The number of aliphatic hydroxyl groups excluding tert-OH is 1. The maximum Gasteiger partial charge on any atom is 0.258 e. The Morgan fingerprint density at radius 3 is 2.94 bits per heavy atom. The number of hydrogen-bond acceptors (Lipinski definition) is 6. The highest BCUT2D eigenvalue weighted by Gasteiger charge is 2.40. The number of aromatic nitrogens is 3. The fraction of sp³-hybridized carbons (Fsp3) is 0.458. The van der Waals surface area contributed by atoms with Gasteiger partial charge in [-0.25, -0.2) is 18.3 Å². The summed E-state index contributed by atoms with van der Waals surface area (Å²) in [6.45, 7) is 2.80. The van der Waals surface area contributed by atoms with E-state index in [-0.39, 0.29) is 55.5 Å². The zero-order valence-corrected chi connectivity index (χ0v) is 20.0. The molecule has 1 aromatic carbocycles. The van der Waals surface area contributed by atoms with Gasteiger partial charge < -0.3 is 14.7 Å². The lowest BCUT2D eigenvalue weighted by Crippen LogP contribution is -2.42. The highest BCUT2D eigenvalue weighted by molar-refractivity contribution is 6.30. The van der Waals surface area contributed by atoms with Crippen LogP contribution in [0.2, 0.25) is 5.02 Å². The van der Waals surface area contributed by atoms with Gasteiger partial charge in [0.25, 0.3) is 5.91 Å². The number of hydrogen-bond donors (Lipinski definition) is 1. The van der Waals surface area contributed by atoms with E-state index in [1.807, 2.05) is 11.8 Å². The Labute approximate surface area is 206 Å². The number of likely N-dealkylation sites (tertiary alicyclic amines) is 1. The van der Waals surface area contributed by atoms with Gasteiger partial charge in [0.15, 0.2) is 5.65 Å². The van der Waals surface area contributed by atoms with Crippen LogP contribution in [-0.2, 0) is 13.1 Å². The lowest BCUT2D eigenvalue weighted by molar-refractivity contribution is 0.0740. The van der Waals surface area contributed by atoms with Crippen LogP contribution in [0.1, 0.15) is 41.4 Å². The number of alkyl halides is 1. The van der Waals surface area contributed by atoms with Crippen molar-refractivity contribution in [3.05, 3.63) is 58.3 Å². The largest absolute Gasteiger partial charge is 0.491 e. The maximum atomic E-state index is 14.5. The van der Waals surface area contributed by atoms with Gasteiger partial charge in [0.05, 0.1) is 42.2 Å². The number of ether oxygens (including phenoxy) is 1. The Hall–Kier alpha value is -2.82. The number of carbonyl (C=O) groups excluding carboxylic acids is 1. The van der Waals surface area contributed by atoms with Crippen molar-refractivity contribution in [1.82, 2.24) is 24.4 Å². The summed E-state index contributed by atoms with van der Waals surface area (Å²) >= 11 is 5.99. The third-order valence-corrected chi connectivity index (χ3v) is 6.98. The number of aliphatic hydroxyl groups is 1. The van der Waals surface area contributed by atoms with Crippen molar-refractivity contribution in [3.63, 3.8) is 0 Å². The summed E-state index contributed by atoms with van der Waals surface area (Å²) in [7, 11) is 0. The van der Waals surface area contributed by atoms with E-state index >= 15 is 0 Å². The van der Waals surface area contributed by atoms with Crippen LogP contribution in [0.15, 0.2) is 30.6 Å². The van der Waals surface area contributed by atoms with E-state index in [1.54, 1.807) is 15.6 Å². The van der Waals surface area contributed by atoms with Crippen LogP contribution in [0.4, 0.5) is 8.78 Å². The minimum Gasteiger partial charge on any atom is -0.491 e. The molecule has 3 atom stereocenters. The normalized spacial score (nSPS) is 22.2. The number of nitrogens with zero attached hydrogens (tertiary/aromatic N) is 5. The molecule has 5 rings (SSSR count). The van der Waals surface area contributed by atoms with Crippen LogP contribution in [0.25, 0.3) is 5.65 Å². The Kier molecular flexibility index (Phi) is 6.61. The molecule has 1 saturated heterocycles. The number of halogens is 3. The quantitative estimate of drug-likeness (QED) is 0.531. The molecule has 4 heterocycles. The highest BCUT2D eigenvalue weighted by atomic mass is 35.5. The monoisotopic (exact) mass is 505 g/mol. The molecule has 0 saturated carbocycles. The lowest BCUT2D eigenvalue weighted by atomic mass is 10.1. The van der Waals surface area contributed by atoms with E-state index < -0.39 is 12.0 Å². The highest BCUT2D eigenvalue weighted by Crippen LogP contribution is 2.32. The summed E-state index contributed by atoms with van der Waals surface area (Å²) in [6.07, 6.45) is 3.04. The molecule has 1 N–H and O–H groups in total. The van der Waals surface area contributed by atoms with Gasteiger partial charge in [-0.3, -0.25) is 9.69 Å². The second-order valence-corrected chi connectivity index (χ2v) is 9.36. The lowest BCUT2D eigenvalue weighted by Gasteiger charge is -2.29. The summed E-state index contributed by atoms with van der Waals surface area (Å²) in [5.74, 6) is -0.745. The van der Waals surface area contributed by atoms with Crippen molar-refractivity contribution in [2.24, 2.45) is 0 Å². The van der Waals surface area contributed by atoms with Gasteiger partial charge in [-0.05, 0) is 25.0 Å². The van der Waals surface area contributed by atoms with Crippen LogP contribution in [0.5, 0.6) is 5.75 Å². The van der Waals surface area contributed by atoms with Gasteiger partial charge in [-0.2, -0.15) is 5.10 Å². The minimum absolute atomic E-state index is 0.0828. The molecule has 0 radical (unpaired) electrons. The van der Waals surface area contributed by atoms with E-state index in [1.165, 1.54) is 24.4 Å². The first-order valence-corrected chi connectivity index (χ1v) is 12.0. The summed E-state index contributed by atoms with van der Waals surface area (Å²) in [6, 6.07) is 3.22. The standard InChI is InChI=1S/C24H26ClF2N5O3/c1-2-21-19(27)8-16(31(21)5-6-33)13-35-22-7-15(26)3-4-17(22)24(34)30-11-18-20(12-30)29-32-10-14(25)9-28-23(18)32/h3-4,7,9-10,16,19,21,33H,2,5-6,8,11-13H2,1H3. The first kappa shape index (κ1) is 23.9. The zero-order chi connectivity index (χ0) is 24.7. The molecule has 2 aromatic heterocycles. The maximum absolute atomic E-state index is 14.5. The summed E-state index contributed by atoms with van der Waals surface area (Å²) < 4.78 is 36.1. The second-order valence-electron chi connectivity index (χ2n) is 8.92. The molecule has 2 aliphatic heterocycles. The third kappa shape index (κ3) is 4.46. The van der Waals surface area contributed by atoms with Gasteiger partial charge in [0.2, 0.25) is 0 Å². The molecule has 3 unspecified atom stereocenters. The Balaban J connectivity index is 1.33. The van der Waals surface area contributed by atoms with Gasteiger partial charge in [0, 0.05) is 36.5 Å². The molecule has 0 bridgehead atoms. The Bertz CT molecular complexity index is 1260. The molecule has 0 spiro atoms. The molecule has 11 heteroatoms. The molecular weight excluding hydrogens is 480 g/mol. The molecule has 1 fully saturated rings. The predicted molar refractivity (Wildman–Crippen MR) is 125 cm³/mol. The first-order valence-electron chi connectivity index (χ1n) is 11.6. The Morgan fingerprint density at radius 1 is 1.34 bits per heavy atom. The molecular formula is C24H26ClF2N5O3. The van der Waals surface area contributed by atoms with Crippen LogP contribution in [0.3, 0.4) is 0 Å². The predicted octanol–water partition coefficient (Wildman–Crippen LogP) is 3.24. The van der Waals surface area contributed by atoms with Crippen molar-refractivity contribution in [2.75, 3.05) is 19.8 Å². The van der Waals surface area contributed by atoms with E-state index in [0.717, 1.165) is 11.3 Å². The van der Waals surface area contributed by atoms with Crippen LogP contribution in [-0.4, -0.2) is 73.4 Å². The van der Waals surface area contributed by atoms with Crippen molar-refractivity contribution < 1.29 is 23.4 Å². The van der Waals surface area contributed by atoms with Gasteiger partial charge >= 0.3 is 0 Å². The fourth-order valence-corrected chi connectivity index (χ4v) is 5.30. The number of amides is 1. The smallest absolute Gasteiger partial charge is 0.258 e. The number of benzene rings is 1. The summed E-state index contributed by atoms with van der Waals surface area (Å²) in [5.41, 5.74) is 2.42. The van der Waals surface area contributed by atoms with E-state index in [2.05, 4.69) is 10.1 Å². The number of carbonyl (C=O) groups is 1. The average Bonchev–Trinajstić information content (AvgIpc) is 3.48. The van der Waals surface area contributed by atoms with Crippen molar-refractivity contribution in [2.45, 2.75) is 51.1 Å². The van der Waals surface area contributed by atoms with Gasteiger partial charge in [0.1, 0.15) is 24.3 Å². The van der Waals surface area contributed by atoms with E-state index in [9.17, 15) is 18.7 Å². The number of β-amino-alcohol motifs (C(OH)–C–C–N with tert-alkyl or cyclic N) is 1. The van der Waals surface area contributed by atoms with Gasteiger partial charge in [-0.1, -0.05) is 18.5 Å². The fourth-order valence-electron chi connectivity index (χ4n) is 5.16. The minimum atomic E-state index is -1.03. The van der Waals surface area contributed by atoms with Crippen molar-refractivity contribution in [1.29, 1.82) is 0 Å². The van der Waals surface area contributed by atoms with E-state index in [0.29, 0.717) is 30.2 Å². The number of fused-ring (bicyclic) bond motifs is 3.